The van der Waals surface area contributed by atoms with Gasteiger partial charge in [-0.15, -0.1) is 0 Å². The molecule has 0 N–H and O–H groups in total. The zero-order valence-electron chi connectivity index (χ0n) is 10.2. The summed E-state index contributed by atoms with van der Waals surface area (Å²) in [5.41, 5.74) is 2.71. The molecule has 0 aliphatic rings. The molecule has 96 valence electrons. The van der Waals surface area contributed by atoms with Crippen molar-refractivity contribution in [1.29, 1.82) is 0 Å². The first-order valence-corrected chi connectivity index (χ1v) is 6.40. The number of aliphatic imine (C=N–C) groups is 1. The van der Waals surface area contributed by atoms with Crippen LogP contribution in [0.4, 0.5) is 11.4 Å². The van der Waals surface area contributed by atoms with E-state index in [1.54, 1.807) is 18.3 Å². The fraction of sp³-hybridized carbons (Fsp3) is 0.0714. The first kappa shape index (κ1) is 13.4. The lowest BCUT2D eigenvalue weighted by Crippen LogP contribution is -1.91. The van der Waals surface area contributed by atoms with Gasteiger partial charge in [-0.1, -0.05) is 23.8 Å². The average molecular weight is 319 g/mol. The van der Waals surface area contributed by atoms with E-state index >= 15 is 0 Å². The maximum Gasteiger partial charge on any atom is 0.284 e. The fourth-order valence-corrected chi connectivity index (χ4v) is 1.92. The van der Waals surface area contributed by atoms with Gasteiger partial charge in [-0.2, -0.15) is 0 Å². The Hall–Kier alpha value is -2.01. The van der Waals surface area contributed by atoms with E-state index in [9.17, 15) is 10.1 Å². The maximum absolute atomic E-state index is 10.8. The third-order valence-corrected chi connectivity index (χ3v) is 3.23. The molecule has 0 saturated carbocycles. The lowest BCUT2D eigenvalue weighted by atomic mass is 10.2. The summed E-state index contributed by atoms with van der Waals surface area (Å²) >= 11 is 3.15. The van der Waals surface area contributed by atoms with Gasteiger partial charge in [-0.05, 0) is 46.6 Å². The Morgan fingerprint density at radius 1 is 1.21 bits per heavy atom. The second-order valence-corrected chi connectivity index (χ2v) is 4.92. The quantitative estimate of drug-likeness (QED) is 0.478. The number of rotatable bonds is 3. The van der Waals surface area contributed by atoms with Gasteiger partial charge in [-0.25, -0.2) is 0 Å². The van der Waals surface area contributed by atoms with E-state index in [-0.39, 0.29) is 5.69 Å². The van der Waals surface area contributed by atoms with E-state index in [4.69, 9.17) is 0 Å². The maximum atomic E-state index is 10.8. The van der Waals surface area contributed by atoms with Crippen molar-refractivity contribution < 1.29 is 4.92 Å². The minimum Gasteiger partial charge on any atom is -0.258 e. The summed E-state index contributed by atoms with van der Waals surface area (Å²) in [7, 11) is 0. The molecular weight excluding hydrogens is 308 g/mol. The van der Waals surface area contributed by atoms with Gasteiger partial charge in [0.2, 0.25) is 0 Å². The molecule has 0 bridgehead atoms. The predicted molar refractivity (Wildman–Crippen MR) is 79.2 cm³/mol. The molecule has 0 unspecified atom stereocenters. The molecule has 0 saturated heterocycles. The molecule has 0 atom stereocenters. The summed E-state index contributed by atoms with van der Waals surface area (Å²) in [5, 5.41) is 10.8. The summed E-state index contributed by atoms with van der Waals surface area (Å²) in [6.45, 7) is 2.01. The molecule has 4 nitrogen and oxygen atoms in total. The van der Waals surface area contributed by atoms with Crippen LogP contribution in [-0.4, -0.2) is 11.1 Å². The van der Waals surface area contributed by atoms with Crippen LogP contribution in [0.15, 0.2) is 51.9 Å². The number of nitrogens with zero attached hydrogens (tertiary/aromatic N) is 2. The topological polar surface area (TPSA) is 55.5 Å². The SMILES string of the molecule is Cc1ccc(N=Cc2ccc(Br)c([N+](=O)[O-])c2)cc1. The molecule has 0 fully saturated rings. The van der Waals surface area contributed by atoms with E-state index in [2.05, 4.69) is 20.9 Å². The summed E-state index contributed by atoms with van der Waals surface area (Å²) in [4.78, 5) is 14.7. The number of nitro benzene ring substituents is 1. The molecule has 0 aromatic heterocycles. The van der Waals surface area contributed by atoms with E-state index in [0.717, 1.165) is 5.69 Å². The molecule has 0 heterocycles. The normalized spacial score (nSPS) is 10.8. The van der Waals surface area contributed by atoms with Gasteiger partial charge >= 0.3 is 0 Å². The van der Waals surface area contributed by atoms with Gasteiger partial charge in [0.05, 0.1) is 15.1 Å². The molecule has 5 heteroatoms. The van der Waals surface area contributed by atoms with Gasteiger partial charge in [0.15, 0.2) is 0 Å². The second kappa shape index (κ2) is 5.75. The molecule has 0 aliphatic carbocycles. The van der Waals surface area contributed by atoms with Crippen LogP contribution in [0.2, 0.25) is 0 Å². The minimum absolute atomic E-state index is 0.0351. The molecule has 2 aromatic rings. The summed E-state index contributed by atoms with van der Waals surface area (Å²) in [5.74, 6) is 0. The van der Waals surface area contributed by atoms with Gasteiger partial charge in [0.25, 0.3) is 5.69 Å². The Morgan fingerprint density at radius 2 is 1.89 bits per heavy atom. The summed E-state index contributed by atoms with van der Waals surface area (Å²) in [6, 6.07) is 12.6. The number of nitro groups is 1. The van der Waals surface area contributed by atoms with Crippen molar-refractivity contribution in [1.82, 2.24) is 0 Å². The molecule has 2 aromatic carbocycles. The standard InChI is InChI=1S/C14H11BrN2O2/c1-10-2-5-12(6-3-10)16-9-11-4-7-13(15)14(8-11)17(18)19/h2-9H,1H3. The monoisotopic (exact) mass is 318 g/mol. The van der Waals surface area contributed by atoms with Crippen LogP contribution >= 0.6 is 15.9 Å². The van der Waals surface area contributed by atoms with Gasteiger partial charge in [0.1, 0.15) is 0 Å². The highest BCUT2D eigenvalue weighted by atomic mass is 79.9. The largest absolute Gasteiger partial charge is 0.284 e. The number of hydrogen-bond donors (Lipinski definition) is 0. The van der Waals surface area contributed by atoms with Crippen molar-refractivity contribution in [2.45, 2.75) is 6.92 Å². The van der Waals surface area contributed by atoms with E-state index in [1.807, 2.05) is 31.2 Å². The Labute approximate surface area is 119 Å². The zero-order chi connectivity index (χ0) is 13.8. The van der Waals surface area contributed by atoms with Crippen molar-refractivity contribution >= 4 is 33.5 Å². The van der Waals surface area contributed by atoms with Crippen LogP contribution in [-0.2, 0) is 0 Å². The molecule has 0 aliphatic heterocycles. The Bertz CT molecular complexity index is 636. The fourth-order valence-electron chi connectivity index (χ4n) is 1.53. The van der Waals surface area contributed by atoms with E-state index in [1.165, 1.54) is 11.6 Å². The number of aryl methyl sites for hydroxylation is 1. The molecule has 2 rings (SSSR count). The second-order valence-electron chi connectivity index (χ2n) is 4.06. The summed E-state index contributed by atoms with van der Waals surface area (Å²) in [6.07, 6.45) is 1.62. The summed E-state index contributed by atoms with van der Waals surface area (Å²) < 4.78 is 0.463. The molecular formula is C14H11BrN2O2. The predicted octanol–water partition coefficient (Wildman–Crippen LogP) is 4.42. The van der Waals surface area contributed by atoms with Crippen LogP contribution in [0, 0.1) is 17.0 Å². The van der Waals surface area contributed by atoms with Gasteiger partial charge < -0.3 is 0 Å². The Kier molecular flexibility index (Phi) is 4.06. The number of benzene rings is 2. The van der Waals surface area contributed by atoms with Crippen molar-refractivity contribution in [3.05, 3.63) is 68.2 Å². The Balaban J connectivity index is 2.26. The Morgan fingerprint density at radius 3 is 2.53 bits per heavy atom. The van der Waals surface area contributed by atoms with Crippen LogP contribution in [0.25, 0.3) is 0 Å². The molecule has 0 amide bonds. The van der Waals surface area contributed by atoms with Crippen LogP contribution in [0.1, 0.15) is 11.1 Å². The minimum atomic E-state index is -0.423. The van der Waals surface area contributed by atoms with Crippen molar-refractivity contribution in [2.24, 2.45) is 4.99 Å². The van der Waals surface area contributed by atoms with Crippen molar-refractivity contribution in [3.63, 3.8) is 0 Å². The number of hydrogen-bond acceptors (Lipinski definition) is 3. The average Bonchev–Trinajstić information content (AvgIpc) is 2.39. The molecule has 0 radical (unpaired) electrons. The van der Waals surface area contributed by atoms with E-state index in [0.29, 0.717) is 10.0 Å². The highest BCUT2D eigenvalue weighted by molar-refractivity contribution is 9.10. The van der Waals surface area contributed by atoms with Gasteiger partial charge in [-0.3, -0.25) is 15.1 Å². The lowest BCUT2D eigenvalue weighted by Gasteiger charge is -1.98. The lowest BCUT2D eigenvalue weighted by molar-refractivity contribution is -0.385. The van der Waals surface area contributed by atoms with Crippen molar-refractivity contribution in [3.8, 4) is 0 Å². The van der Waals surface area contributed by atoms with Crippen LogP contribution in [0.5, 0.6) is 0 Å². The third-order valence-electron chi connectivity index (χ3n) is 2.56. The highest BCUT2D eigenvalue weighted by Gasteiger charge is 2.11. The van der Waals surface area contributed by atoms with Crippen LogP contribution < -0.4 is 0 Å². The third kappa shape index (κ3) is 3.48. The first-order valence-electron chi connectivity index (χ1n) is 5.61. The molecule has 0 spiro atoms. The van der Waals surface area contributed by atoms with Crippen molar-refractivity contribution in [2.75, 3.05) is 0 Å². The highest BCUT2D eigenvalue weighted by Crippen LogP contribution is 2.25. The number of halogens is 1. The van der Waals surface area contributed by atoms with E-state index < -0.39 is 4.92 Å². The molecule has 19 heavy (non-hydrogen) atoms. The first-order chi connectivity index (χ1) is 9.06. The zero-order valence-corrected chi connectivity index (χ0v) is 11.8. The smallest absolute Gasteiger partial charge is 0.258 e. The van der Waals surface area contributed by atoms with Gasteiger partial charge in [0, 0.05) is 12.3 Å². The van der Waals surface area contributed by atoms with Crippen LogP contribution in [0.3, 0.4) is 0 Å².